The molecule has 8 aromatic rings. The zero-order valence-electron chi connectivity index (χ0n) is 25.7. The summed E-state index contributed by atoms with van der Waals surface area (Å²) in [7, 11) is 0. The largest absolute Gasteiger partial charge is 0.228 e. The van der Waals surface area contributed by atoms with Crippen LogP contribution < -0.4 is 0 Å². The minimum absolute atomic E-state index is 0.466. The molecule has 2 nitrogen and oxygen atoms in total. The van der Waals surface area contributed by atoms with Gasteiger partial charge in [0.15, 0.2) is 5.82 Å². The van der Waals surface area contributed by atoms with Gasteiger partial charge in [-0.1, -0.05) is 176 Å². The molecule has 2 heteroatoms. The molecular formula is C45H30N2. The minimum Gasteiger partial charge on any atom is -0.228 e. The monoisotopic (exact) mass is 598 g/mol. The van der Waals surface area contributed by atoms with Crippen LogP contribution >= 0.6 is 0 Å². The molecule has 220 valence electrons. The van der Waals surface area contributed by atoms with Gasteiger partial charge in [0.2, 0.25) is 0 Å². The summed E-state index contributed by atoms with van der Waals surface area (Å²) in [5.41, 5.74) is 12.2. The Hall–Kier alpha value is -6.12. The van der Waals surface area contributed by atoms with E-state index >= 15 is 0 Å². The molecule has 0 aliphatic heterocycles. The fourth-order valence-corrected chi connectivity index (χ4v) is 7.48. The highest BCUT2D eigenvalue weighted by Crippen LogP contribution is 2.57. The Morgan fingerprint density at radius 2 is 0.936 bits per heavy atom. The van der Waals surface area contributed by atoms with Gasteiger partial charge in [-0.25, -0.2) is 9.97 Å². The fourth-order valence-electron chi connectivity index (χ4n) is 7.48. The smallest absolute Gasteiger partial charge is 0.160 e. The van der Waals surface area contributed by atoms with Crippen molar-refractivity contribution in [3.8, 4) is 45.0 Å². The molecule has 7 aromatic carbocycles. The zero-order valence-corrected chi connectivity index (χ0v) is 25.7. The molecule has 1 atom stereocenters. The summed E-state index contributed by atoms with van der Waals surface area (Å²) in [6.45, 7) is 0. The summed E-state index contributed by atoms with van der Waals surface area (Å²) >= 11 is 0. The van der Waals surface area contributed by atoms with Crippen LogP contribution in [0.1, 0.15) is 22.3 Å². The number of hydrogen-bond donors (Lipinski definition) is 0. The molecule has 0 spiro atoms. The van der Waals surface area contributed by atoms with Crippen LogP contribution in [0.4, 0.5) is 0 Å². The highest BCUT2D eigenvalue weighted by atomic mass is 14.9. The first-order valence-electron chi connectivity index (χ1n) is 16.1. The maximum atomic E-state index is 5.10. The van der Waals surface area contributed by atoms with E-state index < -0.39 is 5.41 Å². The number of nitrogens with zero attached hydrogens (tertiary/aromatic N) is 2. The van der Waals surface area contributed by atoms with E-state index in [1.807, 2.05) is 24.3 Å². The van der Waals surface area contributed by atoms with Gasteiger partial charge in [-0.2, -0.15) is 0 Å². The van der Waals surface area contributed by atoms with E-state index in [4.69, 9.17) is 9.97 Å². The molecule has 1 heterocycles. The van der Waals surface area contributed by atoms with Gasteiger partial charge in [0.05, 0.1) is 16.8 Å². The molecule has 0 saturated heterocycles. The van der Waals surface area contributed by atoms with Gasteiger partial charge in [0.25, 0.3) is 0 Å². The molecule has 0 saturated carbocycles. The van der Waals surface area contributed by atoms with Crippen molar-refractivity contribution in [1.29, 1.82) is 0 Å². The van der Waals surface area contributed by atoms with Crippen LogP contribution in [0.3, 0.4) is 0 Å². The Labute approximate surface area is 274 Å². The fraction of sp³-hybridized carbons (Fsp3) is 0.0222. The lowest BCUT2D eigenvalue weighted by atomic mass is 9.67. The maximum Gasteiger partial charge on any atom is 0.160 e. The van der Waals surface area contributed by atoms with E-state index in [1.54, 1.807) is 0 Å². The molecule has 0 bridgehead atoms. The third-order valence-corrected chi connectivity index (χ3v) is 9.58. The topological polar surface area (TPSA) is 25.8 Å². The van der Waals surface area contributed by atoms with E-state index in [9.17, 15) is 0 Å². The molecule has 9 rings (SSSR count). The highest BCUT2D eigenvalue weighted by molar-refractivity contribution is 6.04. The van der Waals surface area contributed by atoms with Crippen molar-refractivity contribution in [3.63, 3.8) is 0 Å². The summed E-state index contributed by atoms with van der Waals surface area (Å²) in [5, 5.41) is 2.54. The van der Waals surface area contributed by atoms with Crippen LogP contribution in [0, 0.1) is 0 Å². The second-order valence-corrected chi connectivity index (χ2v) is 12.1. The lowest BCUT2D eigenvalue weighted by Gasteiger charge is -2.34. The van der Waals surface area contributed by atoms with Crippen molar-refractivity contribution in [1.82, 2.24) is 9.97 Å². The summed E-state index contributed by atoms with van der Waals surface area (Å²) in [5.74, 6) is 0.720. The Bertz CT molecular complexity index is 2320. The van der Waals surface area contributed by atoms with Crippen LogP contribution in [0.5, 0.6) is 0 Å². The van der Waals surface area contributed by atoms with Crippen molar-refractivity contribution in [2.75, 3.05) is 0 Å². The number of fused-ring (bicyclic) bond motifs is 5. The molecular weight excluding hydrogens is 569 g/mol. The van der Waals surface area contributed by atoms with E-state index in [0.717, 1.165) is 33.9 Å². The molecule has 0 radical (unpaired) electrons. The summed E-state index contributed by atoms with van der Waals surface area (Å²) in [6, 6.07) is 65.0. The predicted molar refractivity (Wildman–Crippen MR) is 193 cm³/mol. The molecule has 1 unspecified atom stereocenters. The van der Waals surface area contributed by atoms with E-state index in [1.165, 1.54) is 44.2 Å². The molecule has 1 aliphatic carbocycles. The predicted octanol–water partition coefficient (Wildman–Crippen LogP) is 11.0. The van der Waals surface area contributed by atoms with Gasteiger partial charge in [0, 0.05) is 16.7 Å². The summed E-state index contributed by atoms with van der Waals surface area (Å²) in [4.78, 5) is 10.1. The van der Waals surface area contributed by atoms with Crippen molar-refractivity contribution < 1.29 is 0 Å². The number of aromatic nitrogens is 2. The Balaban J connectivity index is 1.26. The second kappa shape index (κ2) is 11.0. The van der Waals surface area contributed by atoms with E-state index in [-0.39, 0.29) is 0 Å². The van der Waals surface area contributed by atoms with Crippen LogP contribution in [0.25, 0.3) is 55.8 Å². The Morgan fingerprint density at radius 3 is 1.66 bits per heavy atom. The molecule has 1 aromatic heterocycles. The Kier molecular flexibility index (Phi) is 6.39. The van der Waals surface area contributed by atoms with Crippen molar-refractivity contribution in [2.45, 2.75) is 5.41 Å². The van der Waals surface area contributed by atoms with Gasteiger partial charge in [-0.15, -0.1) is 0 Å². The van der Waals surface area contributed by atoms with E-state index in [0.29, 0.717) is 0 Å². The number of rotatable bonds is 5. The third-order valence-electron chi connectivity index (χ3n) is 9.58. The normalized spacial score (nSPS) is 14.9. The van der Waals surface area contributed by atoms with Crippen molar-refractivity contribution in [3.05, 3.63) is 204 Å². The van der Waals surface area contributed by atoms with Crippen LogP contribution in [-0.4, -0.2) is 9.97 Å². The van der Waals surface area contributed by atoms with Crippen LogP contribution in [0.2, 0.25) is 0 Å². The summed E-state index contributed by atoms with van der Waals surface area (Å²) < 4.78 is 0. The highest BCUT2D eigenvalue weighted by Gasteiger charge is 2.46. The number of benzene rings is 7. The van der Waals surface area contributed by atoms with Crippen molar-refractivity contribution >= 4 is 10.8 Å². The minimum atomic E-state index is -0.466. The van der Waals surface area contributed by atoms with E-state index in [2.05, 4.69) is 158 Å². The first-order valence-corrected chi connectivity index (χ1v) is 16.1. The second-order valence-electron chi connectivity index (χ2n) is 12.1. The molecule has 0 fully saturated rings. The van der Waals surface area contributed by atoms with Gasteiger partial charge >= 0.3 is 0 Å². The van der Waals surface area contributed by atoms with Gasteiger partial charge in [-0.3, -0.25) is 0 Å². The standard InChI is InChI=1S/C45H30N2/c1-4-15-32(16-5-1)41-30-42(47-44(46-41)34-17-6-2-7-18-34)33-24-27-36(28-25-33)45(35-19-8-3-9-20-35)39-23-13-12-22-38(39)43-37-21-11-10-14-31(37)26-29-40(43)45/h1-30H. The summed E-state index contributed by atoms with van der Waals surface area (Å²) in [6.07, 6.45) is 0. The molecule has 0 N–H and O–H groups in total. The Morgan fingerprint density at radius 1 is 0.383 bits per heavy atom. The third kappa shape index (κ3) is 4.34. The van der Waals surface area contributed by atoms with Gasteiger partial charge in [-0.05, 0) is 50.2 Å². The zero-order chi connectivity index (χ0) is 31.2. The molecule has 0 amide bonds. The quantitative estimate of drug-likeness (QED) is 0.197. The average molecular weight is 599 g/mol. The average Bonchev–Trinajstić information content (AvgIpc) is 3.47. The molecule has 47 heavy (non-hydrogen) atoms. The van der Waals surface area contributed by atoms with Crippen LogP contribution in [0.15, 0.2) is 182 Å². The first-order chi connectivity index (χ1) is 23.3. The van der Waals surface area contributed by atoms with Gasteiger partial charge < -0.3 is 0 Å². The first kappa shape index (κ1) is 27.2. The lowest BCUT2D eigenvalue weighted by molar-refractivity contribution is 0.769. The SMILES string of the molecule is c1ccc(-c2cc(-c3ccc(C4(c5ccccc5)c5ccccc5-c5c4ccc4ccccc54)cc3)nc(-c3ccccc3)n2)cc1. The lowest BCUT2D eigenvalue weighted by Crippen LogP contribution is -2.28. The van der Waals surface area contributed by atoms with Crippen molar-refractivity contribution in [2.24, 2.45) is 0 Å². The van der Waals surface area contributed by atoms with Gasteiger partial charge in [0.1, 0.15) is 0 Å². The molecule has 1 aliphatic rings. The maximum absolute atomic E-state index is 5.10. The number of hydrogen-bond acceptors (Lipinski definition) is 2. The van der Waals surface area contributed by atoms with Crippen LogP contribution in [-0.2, 0) is 5.41 Å².